The van der Waals surface area contributed by atoms with E-state index in [-0.39, 0.29) is 0 Å². The zero-order valence-corrected chi connectivity index (χ0v) is 9.24. The topological polar surface area (TPSA) is 63.4 Å². The van der Waals surface area contributed by atoms with Crippen molar-refractivity contribution in [1.29, 1.82) is 0 Å². The van der Waals surface area contributed by atoms with Gasteiger partial charge in [-0.1, -0.05) is 11.6 Å². The summed E-state index contributed by atoms with van der Waals surface area (Å²) in [6, 6.07) is 3.26. The monoisotopic (exact) mass is 287 g/mol. The van der Waals surface area contributed by atoms with E-state index in [0.29, 0.717) is 0 Å². The van der Waals surface area contributed by atoms with Crippen molar-refractivity contribution in [3.8, 4) is 0 Å². The summed E-state index contributed by atoms with van der Waals surface area (Å²) in [5.41, 5.74) is -0.924. The van der Waals surface area contributed by atoms with Crippen LogP contribution in [0.4, 0.5) is 23.2 Å². The summed E-state index contributed by atoms with van der Waals surface area (Å²) in [7, 11) is 0. The molecule has 0 heterocycles. The van der Waals surface area contributed by atoms with Crippen molar-refractivity contribution in [2.24, 2.45) is 0 Å². The Morgan fingerprint density at radius 2 is 1.67 bits per heavy atom. The fourth-order valence-electron chi connectivity index (χ4n) is 1.14. The van der Waals surface area contributed by atoms with E-state index in [1.165, 1.54) is 0 Å². The van der Waals surface area contributed by atoms with Crippen molar-refractivity contribution >= 4 is 17.3 Å². The Labute approximate surface area is 103 Å². The number of hydrogen-bond donors (Lipinski definition) is 1. The van der Waals surface area contributed by atoms with Crippen LogP contribution in [0.2, 0.25) is 0 Å². The Hall–Kier alpha value is -1.41. The first-order valence-electron chi connectivity index (χ1n) is 4.44. The van der Waals surface area contributed by atoms with Gasteiger partial charge in [0.15, 0.2) is 0 Å². The Morgan fingerprint density at radius 3 is 2.00 bits per heavy atom. The predicted molar refractivity (Wildman–Crippen MR) is 53.8 cm³/mol. The van der Waals surface area contributed by atoms with E-state index >= 15 is 0 Å². The number of non-ortho nitro benzene ring substituents is 1. The lowest BCUT2D eigenvalue weighted by Gasteiger charge is -2.26. The quantitative estimate of drug-likeness (QED) is 0.402. The van der Waals surface area contributed by atoms with Crippen LogP contribution >= 0.6 is 11.6 Å². The number of hydrogen-bond acceptors (Lipinski definition) is 3. The van der Waals surface area contributed by atoms with Crippen LogP contribution in [0.25, 0.3) is 0 Å². The number of alkyl halides is 5. The van der Waals surface area contributed by atoms with Gasteiger partial charge in [0.25, 0.3) is 5.69 Å². The van der Waals surface area contributed by atoms with Crippen molar-refractivity contribution < 1.29 is 27.6 Å². The Bertz CT molecular complexity index is 446. The first kappa shape index (κ1) is 14.7. The molecule has 0 saturated carbocycles. The number of aliphatic hydroxyl groups excluding tert-OH is 1. The molecule has 0 aliphatic heterocycles. The van der Waals surface area contributed by atoms with Crippen LogP contribution in [0.15, 0.2) is 24.3 Å². The van der Waals surface area contributed by atoms with Gasteiger partial charge in [-0.05, 0) is 17.7 Å². The van der Waals surface area contributed by atoms with E-state index in [9.17, 15) is 32.8 Å². The van der Waals surface area contributed by atoms with Gasteiger partial charge in [-0.3, -0.25) is 10.1 Å². The molecule has 18 heavy (non-hydrogen) atoms. The minimum atomic E-state index is -5.48. The summed E-state index contributed by atoms with van der Waals surface area (Å²) >= 11 is 4.62. The van der Waals surface area contributed by atoms with Crippen molar-refractivity contribution in [3.05, 3.63) is 39.9 Å². The molecule has 0 fully saturated rings. The molecule has 100 valence electrons. The highest BCUT2D eigenvalue weighted by atomic mass is 35.5. The molecule has 4 nitrogen and oxygen atoms in total. The summed E-state index contributed by atoms with van der Waals surface area (Å²) in [6.45, 7) is 0. The minimum absolute atomic E-state index is 0.406. The van der Waals surface area contributed by atoms with Gasteiger partial charge in [-0.2, -0.15) is 13.2 Å². The van der Waals surface area contributed by atoms with E-state index in [2.05, 4.69) is 11.6 Å². The smallest absolute Gasteiger partial charge is 0.383 e. The molecule has 1 aromatic carbocycles. The average Bonchev–Trinajstić information content (AvgIpc) is 2.26. The van der Waals surface area contributed by atoms with Crippen molar-refractivity contribution in [1.82, 2.24) is 0 Å². The molecule has 0 radical (unpaired) electrons. The highest BCUT2D eigenvalue weighted by Crippen LogP contribution is 2.46. The third-order valence-corrected chi connectivity index (χ3v) is 2.56. The van der Waals surface area contributed by atoms with Crippen LogP contribution in [0.1, 0.15) is 11.7 Å². The van der Waals surface area contributed by atoms with Gasteiger partial charge in [0.05, 0.1) is 4.92 Å². The van der Waals surface area contributed by atoms with Gasteiger partial charge in [0, 0.05) is 12.1 Å². The van der Waals surface area contributed by atoms with E-state index in [0.717, 1.165) is 24.3 Å². The van der Waals surface area contributed by atoms with E-state index < -0.39 is 33.6 Å². The molecular weight excluding hydrogens is 282 g/mol. The predicted octanol–water partition coefficient (Wildman–Crippen LogP) is 3.10. The number of benzene rings is 1. The lowest BCUT2D eigenvalue weighted by molar-refractivity contribution is -0.384. The molecule has 0 amide bonds. The molecule has 0 aliphatic carbocycles. The molecule has 0 saturated heterocycles. The average molecular weight is 288 g/mol. The molecule has 0 aromatic heterocycles. The number of aliphatic hydroxyl groups is 1. The summed E-state index contributed by atoms with van der Waals surface area (Å²) in [5.74, 6) is 0. The van der Waals surface area contributed by atoms with Crippen LogP contribution in [0.3, 0.4) is 0 Å². The van der Waals surface area contributed by atoms with Crippen molar-refractivity contribution in [2.45, 2.75) is 17.4 Å². The molecule has 1 rings (SSSR count). The highest BCUT2D eigenvalue weighted by molar-refractivity contribution is 6.23. The molecular formula is C9H6ClF4NO3. The lowest BCUT2D eigenvalue weighted by atomic mass is 10.0. The number of nitro benzene ring substituents is 1. The second-order valence-corrected chi connectivity index (χ2v) is 3.92. The van der Waals surface area contributed by atoms with Gasteiger partial charge in [-0.25, -0.2) is 4.39 Å². The Balaban J connectivity index is 3.04. The number of rotatable bonds is 3. The third-order valence-electron chi connectivity index (χ3n) is 2.14. The number of halogens is 5. The normalized spacial score (nSPS) is 17.0. The molecule has 2 unspecified atom stereocenters. The van der Waals surface area contributed by atoms with Crippen molar-refractivity contribution in [2.75, 3.05) is 0 Å². The van der Waals surface area contributed by atoms with E-state index in [4.69, 9.17) is 0 Å². The van der Waals surface area contributed by atoms with Gasteiger partial charge in [-0.15, -0.1) is 0 Å². The molecule has 0 bridgehead atoms. The second-order valence-electron chi connectivity index (χ2n) is 3.37. The largest absolute Gasteiger partial charge is 0.439 e. The molecule has 0 aliphatic rings. The minimum Gasteiger partial charge on any atom is -0.383 e. The van der Waals surface area contributed by atoms with Crippen LogP contribution in [0.5, 0.6) is 0 Å². The molecule has 1 aromatic rings. The molecule has 9 heteroatoms. The van der Waals surface area contributed by atoms with Gasteiger partial charge < -0.3 is 5.11 Å². The summed E-state index contributed by atoms with van der Waals surface area (Å²) in [5, 5.41) is 15.2. The Morgan fingerprint density at radius 1 is 1.22 bits per heavy atom. The third kappa shape index (κ3) is 2.70. The summed E-state index contributed by atoms with van der Waals surface area (Å²) in [6.07, 6.45) is -8.16. The maximum absolute atomic E-state index is 13.2. The fraction of sp³-hybridized carbons (Fsp3) is 0.333. The number of nitro groups is 1. The fourth-order valence-corrected chi connectivity index (χ4v) is 1.27. The van der Waals surface area contributed by atoms with Gasteiger partial charge in [0.1, 0.15) is 6.10 Å². The maximum atomic E-state index is 13.2. The standard InChI is InChI=1S/C9H6ClF4NO3/c10-8(11,9(12,13)14)7(16)5-1-3-6(4-2-5)15(17)18/h1-4,7,16H. The Kier molecular flexibility index (Phi) is 3.82. The maximum Gasteiger partial charge on any atom is 0.439 e. The molecule has 1 N–H and O–H groups in total. The summed E-state index contributed by atoms with van der Waals surface area (Å²) in [4.78, 5) is 9.51. The van der Waals surface area contributed by atoms with E-state index in [1.54, 1.807) is 0 Å². The summed E-state index contributed by atoms with van der Waals surface area (Å²) < 4.78 is 49.8. The molecule has 2 atom stereocenters. The van der Waals surface area contributed by atoms with Crippen LogP contribution in [-0.4, -0.2) is 21.3 Å². The first-order chi connectivity index (χ1) is 8.07. The second kappa shape index (κ2) is 4.69. The lowest BCUT2D eigenvalue weighted by Crippen LogP contribution is -2.41. The SMILES string of the molecule is O=[N+]([O-])c1ccc(C(O)C(F)(Cl)C(F)(F)F)cc1. The van der Waals surface area contributed by atoms with E-state index in [1.807, 2.05) is 0 Å². The van der Waals surface area contributed by atoms with Crippen LogP contribution in [-0.2, 0) is 0 Å². The van der Waals surface area contributed by atoms with Gasteiger partial charge in [0.2, 0.25) is 0 Å². The van der Waals surface area contributed by atoms with Crippen molar-refractivity contribution in [3.63, 3.8) is 0 Å². The highest BCUT2D eigenvalue weighted by Gasteiger charge is 2.60. The zero-order valence-electron chi connectivity index (χ0n) is 8.49. The van der Waals surface area contributed by atoms with Gasteiger partial charge >= 0.3 is 11.3 Å². The first-order valence-corrected chi connectivity index (χ1v) is 4.82. The zero-order chi connectivity index (χ0) is 14.1. The molecule has 0 spiro atoms. The number of nitrogens with zero attached hydrogens (tertiary/aromatic N) is 1. The van der Waals surface area contributed by atoms with Crippen LogP contribution < -0.4 is 0 Å². The van der Waals surface area contributed by atoms with Crippen LogP contribution in [0, 0.1) is 10.1 Å².